The number of aryl methyl sites for hydroxylation is 2. The molecule has 0 saturated heterocycles. The van der Waals surface area contributed by atoms with Crippen molar-refractivity contribution < 1.29 is 5.11 Å². The summed E-state index contributed by atoms with van der Waals surface area (Å²) in [6, 6.07) is 30.8. The van der Waals surface area contributed by atoms with E-state index < -0.39 is 0 Å². The van der Waals surface area contributed by atoms with E-state index in [1.807, 2.05) is 62.5 Å². The maximum absolute atomic E-state index is 11.0. The summed E-state index contributed by atoms with van der Waals surface area (Å²) in [7, 11) is 0. The van der Waals surface area contributed by atoms with Crippen LogP contribution in [0.15, 0.2) is 107 Å². The van der Waals surface area contributed by atoms with Gasteiger partial charge >= 0.3 is 0 Å². The standard InChI is InChI=1S/C30H23N3OS/c1-19-16-20(2)29(34)27(17-19)33-26-11-4-3-10-23(26)24-13-14-25(32-30(24)33)21-8-7-9-22(18-21)35-28-12-5-6-15-31-28/h3-18,34H,1-2H3. The van der Waals surface area contributed by atoms with Gasteiger partial charge in [0.2, 0.25) is 0 Å². The van der Waals surface area contributed by atoms with Crippen molar-refractivity contribution in [2.24, 2.45) is 0 Å². The third-order valence-corrected chi connectivity index (χ3v) is 7.12. The Balaban J connectivity index is 1.54. The average molecular weight is 474 g/mol. The first-order valence-electron chi connectivity index (χ1n) is 11.5. The van der Waals surface area contributed by atoms with Gasteiger partial charge in [-0.15, -0.1) is 0 Å². The largest absolute Gasteiger partial charge is 0.505 e. The molecule has 170 valence electrons. The number of phenols is 1. The van der Waals surface area contributed by atoms with Gasteiger partial charge in [0.05, 0.1) is 16.9 Å². The number of rotatable bonds is 4. The summed E-state index contributed by atoms with van der Waals surface area (Å²) in [4.78, 5) is 10.7. The third-order valence-electron chi connectivity index (χ3n) is 6.18. The first kappa shape index (κ1) is 21.4. The fourth-order valence-electron chi connectivity index (χ4n) is 4.60. The molecule has 1 N–H and O–H groups in total. The maximum Gasteiger partial charge on any atom is 0.146 e. The lowest BCUT2D eigenvalue weighted by molar-refractivity contribution is 0.468. The Hall–Kier alpha value is -4.09. The predicted molar refractivity (Wildman–Crippen MR) is 144 cm³/mol. The van der Waals surface area contributed by atoms with Gasteiger partial charge in [-0.1, -0.05) is 54.2 Å². The van der Waals surface area contributed by atoms with Crippen LogP contribution in [0.5, 0.6) is 5.75 Å². The number of benzene rings is 3. The van der Waals surface area contributed by atoms with Crippen molar-refractivity contribution in [3.63, 3.8) is 0 Å². The number of fused-ring (bicyclic) bond motifs is 3. The van der Waals surface area contributed by atoms with E-state index in [9.17, 15) is 5.11 Å². The minimum atomic E-state index is 0.277. The van der Waals surface area contributed by atoms with Crippen molar-refractivity contribution in [3.05, 3.63) is 108 Å². The van der Waals surface area contributed by atoms with Gasteiger partial charge in [-0.25, -0.2) is 9.97 Å². The Morgan fingerprint density at radius 2 is 1.66 bits per heavy atom. The van der Waals surface area contributed by atoms with E-state index in [4.69, 9.17) is 4.98 Å². The second-order valence-corrected chi connectivity index (χ2v) is 9.76. The van der Waals surface area contributed by atoms with Crippen molar-refractivity contribution in [1.29, 1.82) is 0 Å². The van der Waals surface area contributed by atoms with Crippen molar-refractivity contribution in [2.45, 2.75) is 23.8 Å². The fourth-order valence-corrected chi connectivity index (χ4v) is 5.43. The second kappa shape index (κ2) is 8.60. The first-order valence-corrected chi connectivity index (χ1v) is 12.3. The normalized spacial score (nSPS) is 11.4. The zero-order chi connectivity index (χ0) is 23.9. The monoisotopic (exact) mass is 473 g/mol. The minimum Gasteiger partial charge on any atom is -0.505 e. The number of para-hydroxylation sites is 1. The van der Waals surface area contributed by atoms with Gasteiger partial charge in [0.1, 0.15) is 16.4 Å². The minimum absolute atomic E-state index is 0.277. The summed E-state index contributed by atoms with van der Waals surface area (Å²) in [5.74, 6) is 0.277. The van der Waals surface area contributed by atoms with Gasteiger partial charge in [-0.3, -0.25) is 4.57 Å². The fraction of sp³-hybridized carbons (Fsp3) is 0.0667. The van der Waals surface area contributed by atoms with Crippen LogP contribution in [0.1, 0.15) is 11.1 Å². The van der Waals surface area contributed by atoms with E-state index in [-0.39, 0.29) is 5.75 Å². The van der Waals surface area contributed by atoms with Crippen LogP contribution in [-0.4, -0.2) is 19.6 Å². The Morgan fingerprint density at radius 1 is 0.800 bits per heavy atom. The molecule has 0 atom stereocenters. The van der Waals surface area contributed by atoms with Crippen LogP contribution in [0.3, 0.4) is 0 Å². The highest BCUT2D eigenvalue weighted by Crippen LogP contribution is 2.37. The van der Waals surface area contributed by atoms with Gasteiger partial charge in [-0.2, -0.15) is 0 Å². The van der Waals surface area contributed by atoms with Gasteiger partial charge in [0.25, 0.3) is 0 Å². The van der Waals surface area contributed by atoms with E-state index in [2.05, 4.69) is 58.1 Å². The van der Waals surface area contributed by atoms with Crippen LogP contribution < -0.4 is 0 Å². The number of phenolic OH excluding ortho intramolecular Hbond substituents is 1. The lowest BCUT2D eigenvalue weighted by atomic mass is 10.1. The summed E-state index contributed by atoms with van der Waals surface area (Å²) in [6.07, 6.45) is 1.81. The van der Waals surface area contributed by atoms with Crippen LogP contribution >= 0.6 is 11.8 Å². The van der Waals surface area contributed by atoms with Crippen molar-refractivity contribution in [3.8, 4) is 22.7 Å². The molecule has 0 aliphatic carbocycles. The first-order chi connectivity index (χ1) is 17.1. The van der Waals surface area contributed by atoms with Crippen LogP contribution in [0.2, 0.25) is 0 Å². The van der Waals surface area contributed by atoms with E-state index >= 15 is 0 Å². The highest BCUT2D eigenvalue weighted by Gasteiger charge is 2.18. The number of pyridine rings is 2. The van der Waals surface area contributed by atoms with E-state index in [1.54, 1.807) is 11.8 Å². The molecule has 6 rings (SSSR count). The molecule has 0 bridgehead atoms. The highest BCUT2D eigenvalue weighted by molar-refractivity contribution is 7.99. The van der Waals surface area contributed by atoms with Gasteiger partial charge in [0, 0.05) is 27.4 Å². The molecule has 0 radical (unpaired) electrons. The van der Waals surface area contributed by atoms with Gasteiger partial charge in [0.15, 0.2) is 0 Å². The molecule has 0 aliphatic heterocycles. The van der Waals surface area contributed by atoms with Crippen LogP contribution in [0.25, 0.3) is 38.9 Å². The maximum atomic E-state index is 11.0. The van der Waals surface area contributed by atoms with Crippen LogP contribution in [0, 0.1) is 13.8 Å². The van der Waals surface area contributed by atoms with Crippen LogP contribution in [-0.2, 0) is 0 Å². The molecule has 6 aromatic rings. The third kappa shape index (κ3) is 3.84. The Kier molecular flexibility index (Phi) is 5.27. The zero-order valence-corrected chi connectivity index (χ0v) is 20.3. The number of aromatic nitrogens is 3. The molecule has 4 nitrogen and oxygen atoms in total. The SMILES string of the molecule is Cc1cc(C)c(O)c(-n2c3ccccc3c3ccc(-c4cccc(Sc5ccccn5)c4)nc32)c1. The lowest BCUT2D eigenvalue weighted by Gasteiger charge is -2.13. The molecule has 0 amide bonds. The van der Waals surface area contributed by atoms with Crippen molar-refractivity contribution in [2.75, 3.05) is 0 Å². The molecular weight excluding hydrogens is 450 g/mol. The smallest absolute Gasteiger partial charge is 0.146 e. The predicted octanol–water partition coefficient (Wildman–Crippen LogP) is 7.71. The summed E-state index contributed by atoms with van der Waals surface area (Å²) in [6.45, 7) is 3.98. The van der Waals surface area contributed by atoms with Gasteiger partial charge < -0.3 is 5.11 Å². The summed E-state index contributed by atoms with van der Waals surface area (Å²) >= 11 is 1.63. The molecule has 35 heavy (non-hydrogen) atoms. The topological polar surface area (TPSA) is 50.9 Å². The molecule has 0 unspecified atom stereocenters. The average Bonchev–Trinajstić information content (AvgIpc) is 3.20. The molecule has 0 fully saturated rings. The molecule has 0 saturated carbocycles. The molecule has 5 heteroatoms. The van der Waals surface area contributed by atoms with E-state index in [1.165, 1.54) is 0 Å². The van der Waals surface area contributed by atoms with Crippen molar-refractivity contribution in [1.82, 2.24) is 14.5 Å². The summed E-state index contributed by atoms with van der Waals surface area (Å²) in [5, 5.41) is 14.1. The Bertz CT molecular complexity index is 1710. The highest BCUT2D eigenvalue weighted by atomic mass is 32.2. The number of nitrogens with zero attached hydrogens (tertiary/aromatic N) is 3. The van der Waals surface area contributed by atoms with Crippen molar-refractivity contribution >= 4 is 33.7 Å². The Labute approximate surface area is 207 Å². The molecule has 3 heterocycles. The van der Waals surface area contributed by atoms with Gasteiger partial charge in [-0.05, 0) is 73.5 Å². The molecule has 3 aromatic carbocycles. The summed E-state index contributed by atoms with van der Waals surface area (Å²) in [5.41, 5.74) is 6.46. The molecular formula is C30H23N3OS. The lowest BCUT2D eigenvalue weighted by Crippen LogP contribution is -1.99. The quantitative estimate of drug-likeness (QED) is 0.285. The zero-order valence-electron chi connectivity index (χ0n) is 19.4. The number of aromatic hydroxyl groups is 1. The molecule has 0 aliphatic rings. The van der Waals surface area contributed by atoms with Crippen LogP contribution in [0.4, 0.5) is 0 Å². The number of hydrogen-bond donors (Lipinski definition) is 1. The van der Waals surface area contributed by atoms with E-state index in [0.29, 0.717) is 0 Å². The number of hydrogen-bond acceptors (Lipinski definition) is 4. The molecule has 0 spiro atoms. The second-order valence-electron chi connectivity index (χ2n) is 8.67. The van der Waals surface area contributed by atoms with E-state index in [0.717, 1.165) is 59.9 Å². The summed E-state index contributed by atoms with van der Waals surface area (Å²) < 4.78 is 2.08. The molecule has 3 aromatic heterocycles. The Morgan fingerprint density at radius 3 is 2.51 bits per heavy atom.